The molecule has 0 radical (unpaired) electrons. The summed E-state index contributed by atoms with van der Waals surface area (Å²) < 4.78 is 35.4. The van der Waals surface area contributed by atoms with Gasteiger partial charge in [0.1, 0.15) is 11.3 Å². The van der Waals surface area contributed by atoms with E-state index in [9.17, 15) is 13.2 Å². The molecule has 7 nitrogen and oxygen atoms in total. The van der Waals surface area contributed by atoms with Crippen molar-refractivity contribution in [2.45, 2.75) is 82.2 Å². The van der Waals surface area contributed by atoms with Crippen LogP contribution in [0.25, 0.3) is 0 Å². The number of amides is 1. The Bertz CT molecular complexity index is 908. The van der Waals surface area contributed by atoms with Crippen LogP contribution >= 0.6 is 11.8 Å². The van der Waals surface area contributed by atoms with Crippen LogP contribution < -0.4 is 5.14 Å². The average molecular weight is 503 g/mol. The highest BCUT2D eigenvalue weighted by molar-refractivity contribution is 7.99. The van der Waals surface area contributed by atoms with Crippen LogP contribution in [0.15, 0.2) is 34.1 Å². The van der Waals surface area contributed by atoms with Crippen LogP contribution in [0, 0.1) is 11.3 Å². The summed E-state index contributed by atoms with van der Waals surface area (Å²) in [4.78, 5) is 16.0. The third-order valence-electron chi connectivity index (χ3n) is 5.37. The largest absolute Gasteiger partial charge is 0.444 e. The van der Waals surface area contributed by atoms with Gasteiger partial charge in [-0.15, -0.1) is 11.8 Å². The van der Waals surface area contributed by atoms with Gasteiger partial charge in [-0.1, -0.05) is 20.8 Å². The van der Waals surface area contributed by atoms with Crippen LogP contribution in [0.5, 0.6) is 0 Å². The number of carbonyl (C=O) groups is 1. The lowest BCUT2D eigenvalue weighted by atomic mass is 9.79. The molecule has 1 heterocycles. The average Bonchev–Trinajstić information content (AvgIpc) is 2.97. The highest BCUT2D eigenvalue weighted by Gasteiger charge is 2.53. The van der Waals surface area contributed by atoms with E-state index in [1.54, 1.807) is 28.8 Å². The SMILES string of the molecule is C[SiH](C)O[C@]1(CSc2ccc(S(N)(=O)=O)cc2)C[C@H](C(C)(C)C)CN1C(=O)OC(C)(C)C. The summed E-state index contributed by atoms with van der Waals surface area (Å²) in [6.07, 6.45) is 0.368. The third-order valence-corrected chi connectivity index (χ3v) is 8.41. The van der Waals surface area contributed by atoms with E-state index in [2.05, 4.69) is 33.9 Å². The van der Waals surface area contributed by atoms with E-state index < -0.39 is 30.4 Å². The number of thioether (sulfide) groups is 1. The van der Waals surface area contributed by atoms with Gasteiger partial charge < -0.3 is 9.16 Å². The molecular weight excluding hydrogens is 464 g/mol. The third kappa shape index (κ3) is 7.21. The number of hydrogen-bond acceptors (Lipinski definition) is 6. The van der Waals surface area contributed by atoms with Gasteiger partial charge in [-0.3, -0.25) is 4.90 Å². The molecule has 0 spiro atoms. The first-order chi connectivity index (χ1) is 14.4. The van der Waals surface area contributed by atoms with Crippen LogP contribution in [-0.2, 0) is 19.2 Å². The minimum absolute atomic E-state index is 0.00566. The second-order valence-electron chi connectivity index (χ2n) is 10.8. The van der Waals surface area contributed by atoms with E-state index in [1.807, 2.05) is 20.8 Å². The van der Waals surface area contributed by atoms with E-state index in [0.29, 0.717) is 12.3 Å². The van der Waals surface area contributed by atoms with Crippen molar-refractivity contribution in [1.29, 1.82) is 0 Å². The van der Waals surface area contributed by atoms with Gasteiger partial charge in [-0.25, -0.2) is 18.4 Å². The summed E-state index contributed by atoms with van der Waals surface area (Å²) in [5.41, 5.74) is -1.37. The zero-order valence-electron chi connectivity index (χ0n) is 20.5. The number of likely N-dealkylation sites (tertiary alicyclic amines) is 1. The van der Waals surface area contributed by atoms with Crippen molar-refractivity contribution in [2.75, 3.05) is 12.3 Å². The molecule has 0 aromatic heterocycles. The van der Waals surface area contributed by atoms with Gasteiger partial charge >= 0.3 is 6.09 Å². The summed E-state index contributed by atoms with van der Waals surface area (Å²) in [5, 5.41) is 5.21. The Hall–Kier alpha value is -1.07. The number of nitrogens with zero attached hydrogens (tertiary/aromatic N) is 1. The van der Waals surface area contributed by atoms with Crippen LogP contribution in [0.3, 0.4) is 0 Å². The van der Waals surface area contributed by atoms with E-state index in [1.165, 1.54) is 12.1 Å². The van der Waals surface area contributed by atoms with Gasteiger partial charge in [0, 0.05) is 23.6 Å². The summed E-state index contributed by atoms with van der Waals surface area (Å²) in [6, 6.07) is 6.47. The molecule has 1 amide bonds. The van der Waals surface area contributed by atoms with Crippen LogP contribution in [-0.4, -0.2) is 52.1 Å². The summed E-state index contributed by atoms with van der Waals surface area (Å²) >= 11 is 1.54. The molecule has 2 atom stereocenters. The Labute approximate surface area is 199 Å². The molecule has 182 valence electrons. The Balaban J connectivity index is 2.36. The maximum Gasteiger partial charge on any atom is 0.412 e. The van der Waals surface area contributed by atoms with Crippen molar-refractivity contribution < 1.29 is 22.4 Å². The molecule has 2 rings (SSSR count). The first-order valence-electron chi connectivity index (χ1n) is 10.9. The molecule has 1 saturated heterocycles. The first-order valence-corrected chi connectivity index (χ1v) is 16.2. The lowest BCUT2D eigenvalue weighted by molar-refractivity contribution is -0.0534. The van der Waals surface area contributed by atoms with Crippen molar-refractivity contribution >= 4 is 36.9 Å². The zero-order valence-corrected chi connectivity index (χ0v) is 23.3. The molecule has 2 N–H and O–H groups in total. The monoisotopic (exact) mass is 502 g/mol. The van der Waals surface area contributed by atoms with E-state index in [4.69, 9.17) is 14.3 Å². The number of carbonyl (C=O) groups excluding carboxylic acids is 1. The molecule has 1 fully saturated rings. The maximum absolute atomic E-state index is 13.2. The molecule has 0 saturated carbocycles. The maximum atomic E-state index is 13.2. The number of nitrogens with two attached hydrogens (primary N) is 1. The van der Waals surface area contributed by atoms with Crippen molar-refractivity contribution in [3.05, 3.63) is 24.3 Å². The van der Waals surface area contributed by atoms with Crippen molar-refractivity contribution in [3.8, 4) is 0 Å². The van der Waals surface area contributed by atoms with E-state index in [-0.39, 0.29) is 22.3 Å². The van der Waals surface area contributed by atoms with Crippen molar-refractivity contribution in [2.24, 2.45) is 16.5 Å². The van der Waals surface area contributed by atoms with Gasteiger partial charge in [0.15, 0.2) is 9.04 Å². The van der Waals surface area contributed by atoms with E-state index in [0.717, 1.165) is 11.3 Å². The quantitative estimate of drug-likeness (QED) is 0.456. The van der Waals surface area contributed by atoms with Crippen LogP contribution in [0.2, 0.25) is 13.1 Å². The van der Waals surface area contributed by atoms with Crippen LogP contribution in [0.1, 0.15) is 48.0 Å². The van der Waals surface area contributed by atoms with Gasteiger partial charge in [-0.2, -0.15) is 0 Å². The second kappa shape index (κ2) is 9.66. The van der Waals surface area contributed by atoms with Gasteiger partial charge in [0.25, 0.3) is 0 Å². The van der Waals surface area contributed by atoms with E-state index >= 15 is 0 Å². The number of hydrogen-bond donors (Lipinski definition) is 1. The number of benzene rings is 1. The second-order valence-corrected chi connectivity index (χ2v) is 15.7. The predicted octanol–water partition coefficient (Wildman–Crippen LogP) is 4.43. The van der Waals surface area contributed by atoms with Gasteiger partial charge in [-0.05, 0) is 69.5 Å². The summed E-state index contributed by atoms with van der Waals surface area (Å²) in [6.45, 7) is 16.9. The summed E-state index contributed by atoms with van der Waals surface area (Å²) in [5.74, 6) is 0.784. The Kier molecular flexibility index (Phi) is 8.20. The van der Waals surface area contributed by atoms with Crippen molar-refractivity contribution in [3.63, 3.8) is 0 Å². The Morgan fingerprint density at radius 1 is 1.19 bits per heavy atom. The minimum atomic E-state index is -3.74. The van der Waals surface area contributed by atoms with Gasteiger partial charge in [0.05, 0.1) is 4.90 Å². The molecule has 0 bridgehead atoms. The highest BCUT2D eigenvalue weighted by atomic mass is 32.2. The van der Waals surface area contributed by atoms with Gasteiger partial charge in [0.2, 0.25) is 10.0 Å². The Morgan fingerprint density at radius 2 is 1.75 bits per heavy atom. The molecule has 32 heavy (non-hydrogen) atoms. The molecular formula is C22H38N2O5S2Si. The summed E-state index contributed by atoms with van der Waals surface area (Å²) in [7, 11) is -5.26. The lowest BCUT2D eigenvalue weighted by Crippen LogP contribution is -2.54. The predicted molar refractivity (Wildman–Crippen MR) is 132 cm³/mol. The number of ether oxygens (including phenoxy) is 1. The minimum Gasteiger partial charge on any atom is -0.444 e. The number of primary sulfonamides is 1. The number of rotatable bonds is 6. The molecule has 0 aliphatic carbocycles. The fourth-order valence-corrected chi connectivity index (χ4v) is 6.61. The fraction of sp³-hybridized carbons (Fsp3) is 0.682. The standard InChI is InChI=1S/C22H38N2O5S2Si/c1-20(2,3)16-13-22(29-32(7)8,24(14-16)19(25)28-21(4,5)6)15-30-17-9-11-18(12-10-17)31(23,26)27/h9-12,16,32H,13-15H2,1-8H3,(H2,23,26,27)/t16-,22-/m0/s1. The molecule has 1 aromatic rings. The molecule has 1 aliphatic rings. The Morgan fingerprint density at radius 3 is 2.19 bits per heavy atom. The molecule has 1 aliphatic heterocycles. The van der Waals surface area contributed by atoms with Crippen LogP contribution in [0.4, 0.5) is 4.79 Å². The first kappa shape index (κ1) is 27.2. The fourth-order valence-electron chi connectivity index (χ4n) is 3.73. The molecule has 1 aromatic carbocycles. The normalized spacial score (nSPS) is 22.4. The molecule has 0 unspecified atom stereocenters. The molecule has 10 heteroatoms. The van der Waals surface area contributed by atoms with Crippen molar-refractivity contribution in [1.82, 2.24) is 4.90 Å². The number of sulfonamides is 1. The topological polar surface area (TPSA) is 98.9 Å². The lowest BCUT2D eigenvalue weighted by Gasteiger charge is -2.40. The smallest absolute Gasteiger partial charge is 0.412 e. The zero-order chi connectivity index (χ0) is 24.5. The highest BCUT2D eigenvalue weighted by Crippen LogP contribution is 2.46.